The molecule has 0 amide bonds. The average molecular weight is 226 g/mol. The predicted octanol–water partition coefficient (Wildman–Crippen LogP) is 3.13. The van der Waals surface area contributed by atoms with Crippen LogP contribution >= 0.6 is 0 Å². The second-order valence-corrected chi connectivity index (χ2v) is 5.89. The van der Waals surface area contributed by atoms with Crippen LogP contribution in [0.1, 0.15) is 31.5 Å². The Bertz CT molecular complexity index is 601. The first-order chi connectivity index (χ1) is 7.92. The molecule has 1 aliphatic carbocycles. The summed E-state index contributed by atoms with van der Waals surface area (Å²) in [6.45, 7) is 6.47. The predicted molar refractivity (Wildman–Crippen MR) is 70.7 cm³/mol. The number of aryl methyl sites for hydroxylation is 1. The van der Waals surface area contributed by atoms with Crippen molar-refractivity contribution >= 4 is 10.9 Å². The second kappa shape index (κ2) is 3.08. The molecule has 0 saturated heterocycles. The molecule has 1 unspecified atom stereocenters. The van der Waals surface area contributed by atoms with Gasteiger partial charge in [-0.2, -0.15) is 0 Å². The summed E-state index contributed by atoms with van der Waals surface area (Å²) in [5, 5.41) is 1.18. The van der Waals surface area contributed by atoms with Crippen LogP contribution in [0.4, 0.5) is 0 Å². The zero-order chi connectivity index (χ0) is 12.3. The molecule has 2 aromatic rings. The van der Waals surface area contributed by atoms with Crippen molar-refractivity contribution in [3.8, 4) is 0 Å². The van der Waals surface area contributed by atoms with Gasteiger partial charge in [-0.3, -0.25) is 4.98 Å². The lowest BCUT2D eigenvalue weighted by atomic mass is 9.96. The molecule has 1 aromatic heterocycles. The Morgan fingerprint density at radius 2 is 1.88 bits per heavy atom. The van der Waals surface area contributed by atoms with Gasteiger partial charge in [0.05, 0.1) is 5.52 Å². The minimum absolute atomic E-state index is 0.147. The average Bonchev–Trinajstić information content (AvgIpc) is 2.78. The highest BCUT2D eigenvalue weighted by atomic mass is 14.9. The van der Waals surface area contributed by atoms with E-state index in [0.29, 0.717) is 0 Å². The minimum Gasteiger partial charge on any atom is -0.321 e. The molecule has 0 aliphatic heterocycles. The van der Waals surface area contributed by atoms with E-state index in [4.69, 9.17) is 5.73 Å². The van der Waals surface area contributed by atoms with Gasteiger partial charge in [0.25, 0.3) is 0 Å². The van der Waals surface area contributed by atoms with Crippen molar-refractivity contribution in [1.29, 1.82) is 0 Å². The molecular weight excluding hydrogens is 208 g/mol. The summed E-state index contributed by atoms with van der Waals surface area (Å²) in [7, 11) is 0. The Labute approximate surface area is 102 Å². The van der Waals surface area contributed by atoms with Gasteiger partial charge in [-0.1, -0.05) is 26.0 Å². The van der Waals surface area contributed by atoms with Crippen molar-refractivity contribution in [2.45, 2.75) is 32.7 Å². The SMILES string of the molecule is Cc1ccc2cc(C3(N)CC3(C)C)ccc2n1. The van der Waals surface area contributed by atoms with Gasteiger partial charge >= 0.3 is 0 Å². The zero-order valence-electron chi connectivity index (χ0n) is 10.6. The van der Waals surface area contributed by atoms with E-state index < -0.39 is 0 Å². The number of nitrogens with zero attached hydrogens (tertiary/aromatic N) is 1. The van der Waals surface area contributed by atoms with E-state index in [1.54, 1.807) is 0 Å². The topological polar surface area (TPSA) is 38.9 Å². The summed E-state index contributed by atoms with van der Waals surface area (Å²) in [6.07, 6.45) is 1.06. The van der Waals surface area contributed by atoms with Gasteiger partial charge in [-0.15, -0.1) is 0 Å². The third-order valence-electron chi connectivity index (χ3n) is 4.15. The molecule has 2 nitrogen and oxygen atoms in total. The van der Waals surface area contributed by atoms with Crippen molar-refractivity contribution in [1.82, 2.24) is 4.98 Å². The fourth-order valence-electron chi connectivity index (χ4n) is 2.65. The third kappa shape index (κ3) is 1.48. The lowest BCUT2D eigenvalue weighted by Crippen LogP contribution is -2.25. The Hall–Kier alpha value is -1.41. The van der Waals surface area contributed by atoms with Gasteiger partial charge in [0.15, 0.2) is 0 Å². The normalized spacial score (nSPS) is 26.1. The molecule has 3 rings (SSSR count). The number of rotatable bonds is 1. The van der Waals surface area contributed by atoms with Crippen LogP contribution in [0.25, 0.3) is 10.9 Å². The fourth-order valence-corrected chi connectivity index (χ4v) is 2.65. The van der Waals surface area contributed by atoms with Gasteiger partial charge in [-0.25, -0.2) is 0 Å². The van der Waals surface area contributed by atoms with Crippen LogP contribution < -0.4 is 5.73 Å². The Morgan fingerprint density at radius 1 is 1.18 bits per heavy atom. The zero-order valence-corrected chi connectivity index (χ0v) is 10.6. The fraction of sp³-hybridized carbons (Fsp3) is 0.400. The largest absolute Gasteiger partial charge is 0.321 e. The van der Waals surface area contributed by atoms with Gasteiger partial charge in [0.1, 0.15) is 0 Å². The lowest BCUT2D eigenvalue weighted by Gasteiger charge is -2.16. The molecule has 1 aliphatic rings. The maximum absolute atomic E-state index is 6.45. The van der Waals surface area contributed by atoms with E-state index in [-0.39, 0.29) is 11.0 Å². The maximum Gasteiger partial charge on any atom is 0.0705 e. The summed E-state index contributed by atoms with van der Waals surface area (Å²) < 4.78 is 0. The molecule has 2 heteroatoms. The molecule has 1 saturated carbocycles. The van der Waals surface area contributed by atoms with Crippen LogP contribution in [-0.4, -0.2) is 4.98 Å². The first-order valence-electron chi connectivity index (χ1n) is 6.09. The van der Waals surface area contributed by atoms with E-state index in [1.807, 2.05) is 13.0 Å². The van der Waals surface area contributed by atoms with Gasteiger partial charge < -0.3 is 5.73 Å². The number of aromatic nitrogens is 1. The van der Waals surface area contributed by atoms with Crippen molar-refractivity contribution in [3.05, 3.63) is 41.6 Å². The second-order valence-electron chi connectivity index (χ2n) is 5.89. The van der Waals surface area contributed by atoms with E-state index in [0.717, 1.165) is 17.6 Å². The molecular formula is C15H18N2. The number of pyridine rings is 1. The molecule has 0 spiro atoms. The molecule has 1 aromatic carbocycles. The van der Waals surface area contributed by atoms with E-state index in [2.05, 4.69) is 43.1 Å². The summed E-state index contributed by atoms with van der Waals surface area (Å²) in [5.74, 6) is 0. The minimum atomic E-state index is -0.147. The van der Waals surface area contributed by atoms with Crippen LogP contribution in [0.3, 0.4) is 0 Å². The van der Waals surface area contributed by atoms with E-state index in [1.165, 1.54) is 10.9 Å². The van der Waals surface area contributed by atoms with Crippen LogP contribution in [0, 0.1) is 12.3 Å². The lowest BCUT2D eigenvalue weighted by molar-refractivity contribution is 0.510. The molecule has 17 heavy (non-hydrogen) atoms. The molecule has 2 N–H and O–H groups in total. The molecule has 1 fully saturated rings. The van der Waals surface area contributed by atoms with Crippen molar-refractivity contribution in [3.63, 3.8) is 0 Å². The van der Waals surface area contributed by atoms with Crippen molar-refractivity contribution in [2.24, 2.45) is 11.1 Å². The summed E-state index contributed by atoms with van der Waals surface area (Å²) in [6, 6.07) is 10.6. The van der Waals surface area contributed by atoms with E-state index >= 15 is 0 Å². The highest BCUT2D eigenvalue weighted by Gasteiger charge is 2.59. The monoisotopic (exact) mass is 226 g/mol. The number of benzene rings is 1. The summed E-state index contributed by atoms with van der Waals surface area (Å²) in [5.41, 5.74) is 9.86. The number of hydrogen-bond acceptors (Lipinski definition) is 2. The first-order valence-corrected chi connectivity index (χ1v) is 6.09. The Balaban J connectivity index is 2.12. The van der Waals surface area contributed by atoms with E-state index in [9.17, 15) is 0 Å². The first kappa shape index (κ1) is 10.7. The Morgan fingerprint density at radius 3 is 2.53 bits per heavy atom. The molecule has 1 atom stereocenters. The molecule has 0 radical (unpaired) electrons. The van der Waals surface area contributed by atoms with Crippen molar-refractivity contribution in [2.75, 3.05) is 0 Å². The maximum atomic E-state index is 6.45. The van der Waals surface area contributed by atoms with Crippen LogP contribution in [-0.2, 0) is 5.54 Å². The quantitative estimate of drug-likeness (QED) is 0.811. The molecule has 1 heterocycles. The third-order valence-corrected chi connectivity index (χ3v) is 4.15. The standard InChI is InChI=1S/C15H18N2/c1-10-4-5-11-8-12(6-7-13(11)17-10)15(16)9-14(15,2)3/h4-8H,9,16H2,1-3H3. The van der Waals surface area contributed by atoms with Gasteiger partial charge in [0.2, 0.25) is 0 Å². The smallest absolute Gasteiger partial charge is 0.0705 e. The molecule has 0 bridgehead atoms. The van der Waals surface area contributed by atoms with Crippen molar-refractivity contribution < 1.29 is 0 Å². The van der Waals surface area contributed by atoms with Gasteiger partial charge in [0, 0.05) is 16.6 Å². The Kier molecular flexibility index (Phi) is 1.94. The molecule has 88 valence electrons. The number of nitrogens with two attached hydrogens (primary N) is 1. The summed E-state index contributed by atoms with van der Waals surface area (Å²) >= 11 is 0. The van der Waals surface area contributed by atoms with Crippen LogP contribution in [0.2, 0.25) is 0 Å². The van der Waals surface area contributed by atoms with Gasteiger partial charge in [-0.05, 0) is 42.5 Å². The number of fused-ring (bicyclic) bond motifs is 1. The number of hydrogen-bond donors (Lipinski definition) is 1. The van der Waals surface area contributed by atoms with Crippen LogP contribution in [0.5, 0.6) is 0 Å². The highest BCUT2D eigenvalue weighted by Crippen LogP contribution is 2.60. The summed E-state index contributed by atoms with van der Waals surface area (Å²) in [4.78, 5) is 4.51. The van der Waals surface area contributed by atoms with Crippen LogP contribution in [0.15, 0.2) is 30.3 Å². The highest BCUT2D eigenvalue weighted by molar-refractivity contribution is 5.80.